The number of amides is 2. The lowest BCUT2D eigenvalue weighted by Gasteiger charge is -2.16. The molecule has 2 aromatic carbocycles. The van der Waals surface area contributed by atoms with Gasteiger partial charge in [-0.05, 0) is 37.1 Å². The Bertz CT molecular complexity index is 970. The Morgan fingerprint density at radius 1 is 0.966 bits per heavy atom. The number of rotatable bonds is 6. The third-order valence-electron chi connectivity index (χ3n) is 5.35. The van der Waals surface area contributed by atoms with E-state index in [1.807, 2.05) is 12.2 Å². The molecule has 29 heavy (non-hydrogen) atoms. The first-order valence-electron chi connectivity index (χ1n) is 9.51. The van der Waals surface area contributed by atoms with Crippen molar-refractivity contribution in [3.8, 4) is 11.5 Å². The van der Waals surface area contributed by atoms with Gasteiger partial charge in [-0.15, -0.1) is 0 Å². The lowest BCUT2D eigenvalue weighted by atomic mass is 9.85. The maximum atomic E-state index is 12.7. The number of carbonyl (C=O) groups is 3. The first kappa shape index (κ1) is 18.9. The van der Waals surface area contributed by atoms with Crippen LogP contribution in [0.15, 0.2) is 60.7 Å². The Hall–Kier alpha value is -3.41. The first-order valence-corrected chi connectivity index (χ1v) is 9.51. The van der Waals surface area contributed by atoms with Crippen LogP contribution in [-0.4, -0.2) is 31.3 Å². The molecule has 1 aliphatic carbocycles. The summed E-state index contributed by atoms with van der Waals surface area (Å²) in [6.45, 7) is -0.159. The third-order valence-corrected chi connectivity index (χ3v) is 5.35. The molecule has 6 heteroatoms. The zero-order valence-corrected chi connectivity index (χ0v) is 16.0. The number of anilines is 1. The van der Waals surface area contributed by atoms with Gasteiger partial charge in [0.05, 0.1) is 24.6 Å². The van der Waals surface area contributed by atoms with Crippen LogP contribution in [0.1, 0.15) is 23.2 Å². The van der Waals surface area contributed by atoms with Crippen LogP contribution < -0.4 is 14.4 Å². The van der Waals surface area contributed by atoms with E-state index in [1.54, 1.807) is 55.6 Å². The summed E-state index contributed by atoms with van der Waals surface area (Å²) in [5.41, 5.74) is 0.961. The lowest BCUT2D eigenvalue weighted by molar-refractivity contribution is -0.122. The Labute approximate surface area is 168 Å². The van der Waals surface area contributed by atoms with E-state index >= 15 is 0 Å². The molecule has 2 amide bonds. The number of imide groups is 1. The van der Waals surface area contributed by atoms with E-state index in [1.165, 1.54) is 4.90 Å². The average Bonchev–Trinajstić information content (AvgIpc) is 3.02. The summed E-state index contributed by atoms with van der Waals surface area (Å²) in [7, 11) is 1.54. The molecule has 0 spiro atoms. The van der Waals surface area contributed by atoms with E-state index in [0.717, 1.165) is 0 Å². The monoisotopic (exact) mass is 391 g/mol. The number of methoxy groups -OCH3 is 1. The standard InChI is InChI=1S/C23H21NO5/c1-28-17-8-4-6-15(12-17)21(25)14-29-18-9-5-7-16(13-18)24-22(26)19-10-2-3-11-20(19)23(24)27/h2-9,12-13,19-20H,10-11,14H2,1H3/t19-,20+. The predicted molar refractivity (Wildman–Crippen MR) is 107 cm³/mol. The molecule has 0 unspecified atom stereocenters. The van der Waals surface area contributed by atoms with Crippen molar-refractivity contribution in [3.05, 3.63) is 66.2 Å². The summed E-state index contributed by atoms with van der Waals surface area (Å²) in [5.74, 6) is -0.0896. The Morgan fingerprint density at radius 3 is 2.31 bits per heavy atom. The summed E-state index contributed by atoms with van der Waals surface area (Å²) < 4.78 is 10.8. The molecule has 1 aliphatic heterocycles. The molecule has 4 rings (SSSR count). The van der Waals surface area contributed by atoms with E-state index < -0.39 is 0 Å². The van der Waals surface area contributed by atoms with Gasteiger partial charge in [-0.2, -0.15) is 0 Å². The van der Waals surface area contributed by atoms with Crippen molar-refractivity contribution in [3.63, 3.8) is 0 Å². The second-order valence-electron chi connectivity index (χ2n) is 7.11. The minimum atomic E-state index is -0.285. The van der Waals surface area contributed by atoms with Gasteiger partial charge in [-0.25, -0.2) is 4.90 Å². The topological polar surface area (TPSA) is 72.9 Å². The van der Waals surface area contributed by atoms with Gasteiger partial charge >= 0.3 is 0 Å². The highest BCUT2D eigenvalue weighted by Gasteiger charge is 2.47. The van der Waals surface area contributed by atoms with Crippen LogP contribution in [0.2, 0.25) is 0 Å². The third kappa shape index (κ3) is 3.66. The van der Waals surface area contributed by atoms with E-state index in [9.17, 15) is 14.4 Å². The van der Waals surface area contributed by atoms with E-state index in [4.69, 9.17) is 9.47 Å². The second kappa shape index (κ2) is 7.91. The minimum absolute atomic E-state index is 0.159. The highest BCUT2D eigenvalue weighted by Crippen LogP contribution is 2.38. The highest BCUT2D eigenvalue weighted by molar-refractivity contribution is 6.22. The van der Waals surface area contributed by atoms with Crippen molar-refractivity contribution in [2.75, 3.05) is 18.6 Å². The molecular weight excluding hydrogens is 370 g/mol. The highest BCUT2D eigenvalue weighted by atomic mass is 16.5. The van der Waals surface area contributed by atoms with Crippen LogP contribution in [-0.2, 0) is 9.59 Å². The molecule has 1 saturated heterocycles. The minimum Gasteiger partial charge on any atom is -0.497 e. The second-order valence-corrected chi connectivity index (χ2v) is 7.11. The molecule has 0 N–H and O–H groups in total. The Kier molecular flexibility index (Phi) is 5.16. The quantitative estimate of drug-likeness (QED) is 0.429. The summed E-state index contributed by atoms with van der Waals surface area (Å²) in [6.07, 6.45) is 5.10. The van der Waals surface area contributed by atoms with Gasteiger partial charge in [0.25, 0.3) is 0 Å². The number of Topliss-reactive ketones (excluding diaryl/α,β-unsaturated/α-hetero) is 1. The normalized spacial score (nSPS) is 20.5. The summed E-state index contributed by atoms with van der Waals surface area (Å²) in [5, 5.41) is 0. The number of ketones is 1. The zero-order valence-electron chi connectivity index (χ0n) is 16.0. The first-order chi connectivity index (χ1) is 14.1. The predicted octanol–water partition coefficient (Wildman–Crippen LogP) is 3.41. The van der Waals surface area contributed by atoms with Gasteiger partial charge in [0.2, 0.25) is 11.8 Å². The van der Waals surface area contributed by atoms with Gasteiger partial charge < -0.3 is 9.47 Å². The van der Waals surface area contributed by atoms with Gasteiger partial charge in [0.15, 0.2) is 12.4 Å². The van der Waals surface area contributed by atoms with Gasteiger partial charge in [-0.1, -0.05) is 30.4 Å². The number of allylic oxidation sites excluding steroid dienone is 2. The molecule has 0 aromatic heterocycles. The smallest absolute Gasteiger partial charge is 0.238 e. The van der Waals surface area contributed by atoms with Crippen molar-refractivity contribution >= 4 is 23.3 Å². The lowest BCUT2D eigenvalue weighted by Crippen LogP contribution is -2.30. The molecule has 0 saturated carbocycles. The van der Waals surface area contributed by atoms with Gasteiger partial charge in [0, 0.05) is 11.6 Å². The van der Waals surface area contributed by atoms with Gasteiger partial charge in [-0.3, -0.25) is 14.4 Å². The summed E-state index contributed by atoms with van der Waals surface area (Å²) in [6, 6.07) is 13.6. The van der Waals surface area contributed by atoms with Crippen LogP contribution in [0.5, 0.6) is 11.5 Å². The molecular formula is C23H21NO5. The SMILES string of the molecule is COc1cccc(C(=O)COc2cccc(N3C(=O)[C@H]4CC=CC[C@H]4C3=O)c2)c1. The van der Waals surface area contributed by atoms with Crippen molar-refractivity contribution in [2.45, 2.75) is 12.8 Å². The molecule has 2 atom stereocenters. The number of nitrogens with zero attached hydrogens (tertiary/aromatic N) is 1. The maximum Gasteiger partial charge on any atom is 0.238 e. The fraction of sp³-hybridized carbons (Fsp3) is 0.261. The van der Waals surface area contributed by atoms with Crippen molar-refractivity contribution in [1.29, 1.82) is 0 Å². The van der Waals surface area contributed by atoms with Crippen molar-refractivity contribution in [2.24, 2.45) is 11.8 Å². The number of fused-ring (bicyclic) bond motifs is 1. The number of hydrogen-bond donors (Lipinski definition) is 0. The van der Waals surface area contributed by atoms with E-state index in [-0.39, 0.29) is 36.0 Å². The van der Waals surface area contributed by atoms with Crippen LogP contribution in [0.25, 0.3) is 0 Å². The molecule has 1 heterocycles. The van der Waals surface area contributed by atoms with Crippen LogP contribution in [0.4, 0.5) is 5.69 Å². The Morgan fingerprint density at radius 2 is 1.62 bits per heavy atom. The number of ether oxygens (including phenoxy) is 2. The van der Waals surface area contributed by atoms with Crippen molar-refractivity contribution < 1.29 is 23.9 Å². The molecule has 0 radical (unpaired) electrons. The fourth-order valence-corrected chi connectivity index (χ4v) is 3.80. The number of hydrogen-bond acceptors (Lipinski definition) is 5. The van der Waals surface area contributed by atoms with E-state index in [2.05, 4.69) is 0 Å². The summed E-state index contributed by atoms with van der Waals surface area (Å²) >= 11 is 0. The van der Waals surface area contributed by atoms with E-state index in [0.29, 0.717) is 35.6 Å². The molecule has 2 aromatic rings. The van der Waals surface area contributed by atoms with Crippen LogP contribution in [0.3, 0.4) is 0 Å². The molecule has 6 nitrogen and oxygen atoms in total. The van der Waals surface area contributed by atoms with Crippen LogP contribution >= 0.6 is 0 Å². The average molecular weight is 391 g/mol. The van der Waals surface area contributed by atoms with Gasteiger partial charge in [0.1, 0.15) is 11.5 Å². The molecule has 0 bridgehead atoms. The largest absolute Gasteiger partial charge is 0.497 e. The molecule has 2 aliphatic rings. The fourth-order valence-electron chi connectivity index (χ4n) is 3.80. The summed E-state index contributed by atoms with van der Waals surface area (Å²) in [4.78, 5) is 39.1. The van der Waals surface area contributed by atoms with Crippen molar-refractivity contribution in [1.82, 2.24) is 0 Å². The maximum absolute atomic E-state index is 12.7. The molecule has 148 valence electrons. The number of carbonyl (C=O) groups excluding carboxylic acids is 3. The Balaban J connectivity index is 1.47. The zero-order chi connectivity index (χ0) is 20.4. The number of benzene rings is 2. The van der Waals surface area contributed by atoms with Crippen LogP contribution in [0, 0.1) is 11.8 Å². The molecule has 1 fully saturated rings.